The van der Waals surface area contributed by atoms with Crippen LogP contribution in [-0.4, -0.2) is 23.3 Å². The maximum atomic E-state index is 13.0. The molecule has 31 heavy (non-hydrogen) atoms. The molecule has 158 valence electrons. The second kappa shape index (κ2) is 9.97. The van der Waals surface area contributed by atoms with E-state index in [0.29, 0.717) is 11.3 Å². The quantitative estimate of drug-likeness (QED) is 0.424. The summed E-state index contributed by atoms with van der Waals surface area (Å²) in [6.45, 7) is -0.112. The Kier molecular flexibility index (Phi) is 6.89. The fourth-order valence-corrected chi connectivity index (χ4v) is 2.65. The van der Waals surface area contributed by atoms with E-state index in [4.69, 9.17) is 4.74 Å². The highest BCUT2D eigenvalue weighted by atomic mass is 19.1. The molecule has 0 fully saturated rings. The van der Waals surface area contributed by atoms with E-state index in [1.165, 1.54) is 48.5 Å². The third kappa shape index (κ3) is 6.36. The molecule has 0 atom stereocenters. The molecule has 2 N–H and O–H groups in total. The number of nitrogens with zero attached hydrogens (tertiary/aromatic N) is 1. The van der Waals surface area contributed by atoms with Crippen molar-refractivity contribution in [2.45, 2.75) is 6.54 Å². The Hall–Kier alpha value is -4.27. The molecule has 0 bridgehead atoms. The average molecular weight is 423 g/mol. The van der Waals surface area contributed by atoms with Gasteiger partial charge in [-0.2, -0.15) is 0 Å². The molecule has 0 aliphatic carbocycles. The highest BCUT2D eigenvalue weighted by Crippen LogP contribution is 2.19. The van der Waals surface area contributed by atoms with Gasteiger partial charge in [0.25, 0.3) is 17.5 Å². The van der Waals surface area contributed by atoms with E-state index in [1.54, 1.807) is 24.3 Å². The van der Waals surface area contributed by atoms with Crippen molar-refractivity contribution in [1.29, 1.82) is 0 Å². The number of anilines is 1. The molecule has 0 saturated carbocycles. The van der Waals surface area contributed by atoms with E-state index in [9.17, 15) is 24.1 Å². The SMILES string of the molecule is O=C(COc1cccc([N+](=O)[O-])c1)NCc1cccc(NC(=O)c2ccc(F)cc2)c1. The normalized spacial score (nSPS) is 10.2. The van der Waals surface area contributed by atoms with Crippen molar-refractivity contribution < 1.29 is 23.6 Å². The van der Waals surface area contributed by atoms with Gasteiger partial charge in [0.1, 0.15) is 11.6 Å². The Morgan fingerprint density at radius 1 is 1.00 bits per heavy atom. The van der Waals surface area contributed by atoms with Crippen molar-refractivity contribution in [1.82, 2.24) is 5.32 Å². The maximum absolute atomic E-state index is 13.0. The first-order valence-electron chi connectivity index (χ1n) is 9.20. The molecule has 0 radical (unpaired) electrons. The van der Waals surface area contributed by atoms with Crippen LogP contribution in [0.1, 0.15) is 15.9 Å². The summed E-state index contributed by atoms with van der Waals surface area (Å²) < 4.78 is 18.3. The number of amides is 2. The predicted octanol–water partition coefficient (Wildman–Crippen LogP) is 3.68. The lowest BCUT2D eigenvalue weighted by Gasteiger charge is -2.10. The number of nitro benzene ring substituents is 1. The number of carbonyl (C=O) groups is 2. The zero-order chi connectivity index (χ0) is 22.2. The van der Waals surface area contributed by atoms with Crippen molar-refractivity contribution in [2.24, 2.45) is 0 Å². The highest BCUT2D eigenvalue weighted by Gasteiger charge is 2.09. The van der Waals surface area contributed by atoms with E-state index in [2.05, 4.69) is 10.6 Å². The summed E-state index contributed by atoms with van der Waals surface area (Å²) in [4.78, 5) is 34.5. The van der Waals surface area contributed by atoms with Crippen LogP contribution in [0.2, 0.25) is 0 Å². The molecule has 9 heteroatoms. The minimum atomic E-state index is -0.547. The van der Waals surface area contributed by atoms with Gasteiger partial charge in [0.05, 0.1) is 11.0 Å². The minimum Gasteiger partial charge on any atom is -0.484 e. The Labute approximate surface area is 176 Å². The summed E-state index contributed by atoms with van der Waals surface area (Å²) in [5.41, 5.74) is 1.45. The smallest absolute Gasteiger partial charge is 0.273 e. The van der Waals surface area contributed by atoms with Crippen molar-refractivity contribution >= 4 is 23.2 Å². The monoisotopic (exact) mass is 423 g/mol. The van der Waals surface area contributed by atoms with Gasteiger partial charge < -0.3 is 15.4 Å². The van der Waals surface area contributed by atoms with Crippen molar-refractivity contribution in [3.63, 3.8) is 0 Å². The molecule has 0 saturated heterocycles. The Bertz CT molecular complexity index is 1100. The first kappa shape index (κ1) is 21.4. The maximum Gasteiger partial charge on any atom is 0.273 e. The first-order chi connectivity index (χ1) is 14.9. The molecule has 0 heterocycles. The summed E-state index contributed by atoms with van der Waals surface area (Å²) in [6, 6.07) is 17.6. The number of nitro groups is 1. The van der Waals surface area contributed by atoms with Crippen LogP contribution < -0.4 is 15.4 Å². The lowest BCUT2D eigenvalue weighted by atomic mass is 10.1. The number of halogens is 1. The molecular weight excluding hydrogens is 405 g/mol. The Morgan fingerprint density at radius 3 is 2.48 bits per heavy atom. The molecule has 2 amide bonds. The molecule has 0 aliphatic rings. The largest absolute Gasteiger partial charge is 0.484 e. The molecule has 3 aromatic rings. The zero-order valence-corrected chi connectivity index (χ0v) is 16.2. The van der Waals surface area contributed by atoms with Gasteiger partial charge in [-0.25, -0.2) is 4.39 Å². The summed E-state index contributed by atoms with van der Waals surface area (Å²) in [5.74, 6) is -1.00. The summed E-state index contributed by atoms with van der Waals surface area (Å²) in [7, 11) is 0. The van der Waals surface area contributed by atoms with Crippen LogP contribution in [0.5, 0.6) is 5.75 Å². The number of non-ortho nitro benzene ring substituents is 1. The van der Waals surface area contributed by atoms with Crippen LogP contribution in [-0.2, 0) is 11.3 Å². The number of carbonyl (C=O) groups excluding carboxylic acids is 2. The summed E-state index contributed by atoms with van der Waals surface area (Å²) in [6.07, 6.45) is 0. The van der Waals surface area contributed by atoms with Crippen molar-refractivity contribution in [3.05, 3.63) is 99.9 Å². The van der Waals surface area contributed by atoms with Gasteiger partial charge in [-0.05, 0) is 48.0 Å². The fraction of sp³-hybridized carbons (Fsp3) is 0.0909. The number of nitrogens with one attached hydrogen (secondary N) is 2. The summed E-state index contributed by atoms with van der Waals surface area (Å²) in [5, 5.41) is 16.2. The first-order valence-corrected chi connectivity index (χ1v) is 9.20. The number of hydrogen-bond acceptors (Lipinski definition) is 5. The fourth-order valence-electron chi connectivity index (χ4n) is 2.65. The average Bonchev–Trinajstić information content (AvgIpc) is 2.77. The van der Waals surface area contributed by atoms with Crippen LogP contribution in [0.15, 0.2) is 72.8 Å². The van der Waals surface area contributed by atoms with E-state index in [-0.39, 0.29) is 30.5 Å². The molecule has 3 rings (SSSR count). The van der Waals surface area contributed by atoms with E-state index in [0.717, 1.165) is 5.56 Å². The number of rotatable bonds is 8. The van der Waals surface area contributed by atoms with Crippen molar-refractivity contribution in [3.8, 4) is 5.75 Å². The minimum absolute atomic E-state index is 0.127. The lowest BCUT2D eigenvalue weighted by molar-refractivity contribution is -0.384. The number of benzene rings is 3. The molecular formula is C22H18FN3O5. The van der Waals surface area contributed by atoms with Crippen LogP contribution in [0.3, 0.4) is 0 Å². The molecule has 0 spiro atoms. The van der Waals surface area contributed by atoms with Gasteiger partial charge in [-0.3, -0.25) is 19.7 Å². The van der Waals surface area contributed by atoms with Gasteiger partial charge in [0.2, 0.25) is 0 Å². The molecule has 0 aromatic heterocycles. The van der Waals surface area contributed by atoms with Gasteiger partial charge in [-0.15, -0.1) is 0 Å². The number of ether oxygens (including phenoxy) is 1. The van der Waals surface area contributed by atoms with Crippen LogP contribution in [0.4, 0.5) is 15.8 Å². The Morgan fingerprint density at radius 2 is 1.74 bits per heavy atom. The molecule has 0 aliphatic heterocycles. The Balaban J connectivity index is 1.51. The molecule has 0 unspecified atom stereocenters. The van der Waals surface area contributed by atoms with Gasteiger partial charge in [-0.1, -0.05) is 18.2 Å². The highest BCUT2D eigenvalue weighted by molar-refractivity contribution is 6.04. The van der Waals surface area contributed by atoms with Crippen molar-refractivity contribution in [2.75, 3.05) is 11.9 Å². The third-order valence-electron chi connectivity index (χ3n) is 4.18. The van der Waals surface area contributed by atoms with E-state index < -0.39 is 16.6 Å². The van der Waals surface area contributed by atoms with Gasteiger partial charge in [0.15, 0.2) is 6.61 Å². The topological polar surface area (TPSA) is 111 Å². The molecule has 8 nitrogen and oxygen atoms in total. The second-order valence-corrected chi connectivity index (χ2v) is 6.48. The standard InChI is InChI=1S/C22H18FN3O5/c23-17-9-7-16(8-10-17)22(28)25-18-4-1-3-15(11-18)13-24-21(27)14-31-20-6-2-5-19(12-20)26(29)30/h1-12H,13-14H2,(H,24,27)(H,25,28). The van der Waals surface area contributed by atoms with E-state index in [1.807, 2.05) is 0 Å². The van der Waals surface area contributed by atoms with Gasteiger partial charge in [0, 0.05) is 23.9 Å². The second-order valence-electron chi connectivity index (χ2n) is 6.48. The van der Waals surface area contributed by atoms with Gasteiger partial charge >= 0.3 is 0 Å². The number of hydrogen-bond donors (Lipinski definition) is 2. The third-order valence-corrected chi connectivity index (χ3v) is 4.18. The lowest BCUT2D eigenvalue weighted by Crippen LogP contribution is -2.28. The molecule has 3 aromatic carbocycles. The van der Waals surface area contributed by atoms with E-state index >= 15 is 0 Å². The van der Waals surface area contributed by atoms with Crippen LogP contribution in [0.25, 0.3) is 0 Å². The zero-order valence-electron chi connectivity index (χ0n) is 16.2. The van der Waals surface area contributed by atoms with Crippen LogP contribution in [0, 0.1) is 15.9 Å². The summed E-state index contributed by atoms with van der Waals surface area (Å²) >= 11 is 0. The predicted molar refractivity (Wildman–Crippen MR) is 111 cm³/mol. The van der Waals surface area contributed by atoms with Crippen LogP contribution >= 0.6 is 0 Å².